The molecule has 1 atom stereocenters. The molecule has 0 spiro atoms. The van der Waals surface area contributed by atoms with Gasteiger partial charge in [0.2, 0.25) is 5.78 Å². The Hall–Kier alpha value is -5.37. The van der Waals surface area contributed by atoms with Crippen molar-refractivity contribution < 1.29 is 28.6 Å². The van der Waals surface area contributed by atoms with Crippen molar-refractivity contribution in [2.75, 3.05) is 7.11 Å². The average Bonchev–Trinajstić information content (AvgIpc) is 3.53. The van der Waals surface area contributed by atoms with Gasteiger partial charge in [-0.25, -0.2) is 0 Å². The number of ketones is 1. The van der Waals surface area contributed by atoms with Crippen molar-refractivity contribution in [2.24, 2.45) is 0 Å². The van der Waals surface area contributed by atoms with Gasteiger partial charge in [0.05, 0.1) is 18.7 Å². The number of ether oxygens (including phenoxy) is 2. The van der Waals surface area contributed by atoms with Crippen molar-refractivity contribution in [1.82, 2.24) is 9.88 Å². The average molecular weight is 533 g/mol. The molecule has 8 heteroatoms. The van der Waals surface area contributed by atoms with E-state index in [4.69, 9.17) is 13.9 Å². The Bertz CT molecular complexity index is 1740. The predicted octanol–water partition coefficient (Wildman–Crippen LogP) is 6.41. The molecule has 6 rings (SSSR count). The largest absolute Gasteiger partial charge is 0.503 e. The molecule has 1 amide bonds. The van der Waals surface area contributed by atoms with Crippen LogP contribution >= 0.6 is 0 Å². The van der Waals surface area contributed by atoms with E-state index in [1.54, 1.807) is 67.0 Å². The summed E-state index contributed by atoms with van der Waals surface area (Å²) in [4.78, 5) is 33.0. The van der Waals surface area contributed by atoms with Crippen LogP contribution in [0, 0.1) is 0 Å². The first-order chi connectivity index (χ1) is 19.5. The number of fused-ring (bicyclic) bond motifs is 1. The number of aliphatic hydroxyl groups is 1. The van der Waals surface area contributed by atoms with Gasteiger partial charge in [0.1, 0.15) is 11.5 Å². The van der Waals surface area contributed by atoms with Crippen molar-refractivity contribution in [3.05, 3.63) is 132 Å². The van der Waals surface area contributed by atoms with Gasteiger partial charge in [0, 0.05) is 24.3 Å². The summed E-state index contributed by atoms with van der Waals surface area (Å²) in [5.74, 6) is -0.279. The summed E-state index contributed by atoms with van der Waals surface area (Å²) in [7, 11) is 1.51. The van der Waals surface area contributed by atoms with Crippen LogP contribution in [0.4, 0.5) is 0 Å². The highest BCUT2D eigenvalue weighted by atomic mass is 16.5. The Kier molecular flexibility index (Phi) is 6.49. The predicted molar refractivity (Wildman–Crippen MR) is 147 cm³/mol. The Morgan fingerprint density at radius 1 is 0.975 bits per heavy atom. The normalized spacial score (nSPS) is 15.1. The van der Waals surface area contributed by atoms with Crippen LogP contribution in [0.25, 0.3) is 11.0 Å². The first-order valence-corrected chi connectivity index (χ1v) is 12.6. The second-order valence-electron chi connectivity index (χ2n) is 9.27. The monoisotopic (exact) mass is 532 g/mol. The molecule has 40 heavy (non-hydrogen) atoms. The number of carbonyl (C=O) groups excluding carboxylic acids is 2. The van der Waals surface area contributed by atoms with Gasteiger partial charge in [0.25, 0.3) is 5.91 Å². The number of pyridine rings is 1. The molecule has 0 fully saturated rings. The van der Waals surface area contributed by atoms with Crippen molar-refractivity contribution in [2.45, 2.75) is 12.6 Å². The van der Waals surface area contributed by atoms with Crippen LogP contribution in [0.2, 0.25) is 0 Å². The van der Waals surface area contributed by atoms with E-state index in [-0.39, 0.29) is 17.9 Å². The zero-order chi connectivity index (χ0) is 27.6. The molecule has 8 nitrogen and oxygen atoms in total. The standard InChI is InChI=1S/C32H24N2O6/c1-38-25-14-6-10-22-17-26(40-31(22)25)29(35)27-28(34(32(37)30(27)36)19-20-8-7-15-33-18-20)21-9-5-13-24(16-21)39-23-11-3-2-4-12-23/h2-18,28,36H,19H2,1H3. The topological polar surface area (TPSA) is 102 Å². The van der Waals surface area contributed by atoms with E-state index in [9.17, 15) is 14.7 Å². The number of Topliss-reactive ketones (excluding diaryl/α,β-unsaturated/α-hetero) is 1. The lowest BCUT2D eigenvalue weighted by molar-refractivity contribution is -0.130. The fourth-order valence-corrected chi connectivity index (χ4v) is 4.90. The number of benzene rings is 3. The molecule has 1 unspecified atom stereocenters. The first kappa shape index (κ1) is 24.9. The third-order valence-electron chi connectivity index (χ3n) is 6.73. The van der Waals surface area contributed by atoms with Crippen molar-refractivity contribution in [3.63, 3.8) is 0 Å². The molecule has 2 aromatic heterocycles. The van der Waals surface area contributed by atoms with E-state index >= 15 is 0 Å². The molecule has 1 aliphatic rings. The second kappa shape index (κ2) is 10.4. The molecule has 0 bridgehead atoms. The number of aromatic nitrogens is 1. The fraction of sp³-hybridized carbons (Fsp3) is 0.0938. The number of hydrogen-bond donors (Lipinski definition) is 1. The molecule has 1 N–H and O–H groups in total. The van der Waals surface area contributed by atoms with Crippen LogP contribution in [0.5, 0.6) is 17.2 Å². The lowest BCUT2D eigenvalue weighted by atomic mass is 9.94. The van der Waals surface area contributed by atoms with Gasteiger partial charge in [-0.1, -0.05) is 48.5 Å². The minimum Gasteiger partial charge on any atom is -0.503 e. The molecule has 0 radical (unpaired) electrons. The summed E-state index contributed by atoms with van der Waals surface area (Å²) in [6.07, 6.45) is 3.28. The van der Waals surface area contributed by atoms with E-state index in [2.05, 4.69) is 4.98 Å². The third-order valence-corrected chi connectivity index (χ3v) is 6.73. The summed E-state index contributed by atoms with van der Waals surface area (Å²) in [5, 5.41) is 11.8. The highest BCUT2D eigenvalue weighted by molar-refractivity contribution is 6.16. The number of furan rings is 1. The minimum atomic E-state index is -0.908. The summed E-state index contributed by atoms with van der Waals surface area (Å²) in [6.45, 7) is 0.121. The lowest BCUT2D eigenvalue weighted by Crippen LogP contribution is -2.30. The van der Waals surface area contributed by atoms with Crippen LogP contribution in [-0.2, 0) is 11.3 Å². The van der Waals surface area contributed by atoms with Crippen LogP contribution < -0.4 is 9.47 Å². The smallest absolute Gasteiger partial charge is 0.290 e. The van der Waals surface area contributed by atoms with Crippen LogP contribution in [0.15, 0.2) is 119 Å². The third kappa shape index (κ3) is 4.56. The summed E-state index contributed by atoms with van der Waals surface area (Å²) in [5.41, 5.74) is 1.66. The van der Waals surface area contributed by atoms with Gasteiger partial charge in [-0.15, -0.1) is 0 Å². The van der Waals surface area contributed by atoms with Gasteiger partial charge in [-0.2, -0.15) is 0 Å². The van der Waals surface area contributed by atoms with Gasteiger partial charge >= 0.3 is 0 Å². The number of amides is 1. The molecule has 0 saturated carbocycles. The molecule has 0 saturated heterocycles. The first-order valence-electron chi connectivity index (χ1n) is 12.6. The highest BCUT2D eigenvalue weighted by Crippen LogP contribution is 2.42. The quantitative estimate of drug-likeness (QED) is 0.231. The van der Waals surface area contributed by atoms with E-state index in [0.717, 1.165) is 5.56 Å². The summed E-state index contributed by atoms with van der Waals surface area (Å²) in [6, 6.07) is 26.0. The maximum absolute atomic E-state index is 14.0. The maximum Gasteiger partial charge on any atom is 0.290 e. The number of methoxy groups -OCH3 is 1. The van der Waals surface area contributed by atoms with Crippen LogP contribution in [0.1, 0.15) is 27.7 Å². The number of carbonyl (C=O) groups is 2. The van der Waals surface area contributed by atoms with Crippen LogP contribution in [-0.4, -0.2) is 33.8 Å². The Balaban J connectivity index is 1.43. The van der Waals surface area contributed by atoms with Gasteiger partial charge in [-0.05, 0) is 53.6 Å². The number of aliphatic hydroxyl groups excluding tert-OH is 1. The fourth-order valence-electron chi connectivity index (χ4n) is 4.90. The van der Waals surface area contributed by atoms with Crippen molar-refractivity contribution in [1.29, 1.82) is 0 Å². The number of rotatable bonds is 8. The van der Waals surface area contributed by atoms with Gasteiger partial charge in [-0.3, -0.25) is 14.6 Å². The van der Waals surface area contributed by atoms with Crippen molar-refractivity contribution in [3.8, 4) is 17.2 Å². The van der Waals surface area contributed by atoms with E-state index in [1.807, 2.05) is 36.4 Å². The zero-order valence-corrected chi connectivity index (χ0v) is 21.5. The molecule has 3 heterocycles. The van der Waals surface area contributed by atoms with Crippen LogP contribution in [0.3, 0.4) is 0 Å². The second-order valence-corrected chi connectivity index (χ2v) is 9.27. The zero-order valence-electron chi connectivity index (χ0n) is 21.5. The highest BCUT2D eigenvalue weighted by Gasteiger charge is 2.44. The molecular weight excluding hydrogens is 508 g/mol. The molecular formula is C32H24N2O6. The van der Waals surface area contributed by atoms with Crippen molar-refractivity contribution >= 4 is 22.7 Å². The number of para-hydroxylation sites is 2. The van der Waals surface area contributed by atoms with E-state index < -0.39 is 23.5 Å². The number of hydrogen-bond acceptors (Lipinski definition) is 7. The summed E-state index contributed by atoms with van der Waals surface area (Å²) >= 11 is 0. The van der Waals surface area contributed by atoms with Gasteiger partial charge < -0.3 is 23.9 Å². The maximum atomic E-state index is 14.0. The Morgan fingerprint density at radius 3 is 2.55 bits per heavy atom. The molecule has 5 aromatic rings. The van der Waals surface area contributed by atoms with E-state index in [1.165, 1.54) is 12.0 Å². The molecule has 0 aliphatic carbocycles. The molecule has 1 aliphatic heterocycles. The molecule has 3 aromatic carbocycles. The number of nitrogens with zero attached hydrogens (tertiary/aromatic N) is 2. The Labute approximate surface area is 229 Å². The molecule has 198 valence electrons. The Morgan fingerprint density at radius 2 is 1.77 bits per heavy atom. The SMILES string of the molecule is COc1cccc2cc(C(=O)C3=C(O)C(=O)N(Cc4cccnc4)C3c3cccc(Oc4ccccc4)c3)oc12. The minimum absolute atomic E-state index is 0.0150. The lowest BCUT2D eigenvalue weighted by Gasteiger charge is -2.27. The van der Waals surface area contributed by atoms with E-state index in [0.29, 0.717) is 33.8 Å². The summed E-state index contributed by atoms with van der Waals surface area (Å²) < 4.78 is 17.3. The van der Waals surface area contributed by atoms with Gasteiger partial charge in [0.15, 0.2) is 22.9 Å².